The molecule has 1 aliphatic heterocycles. The second-order valence-electron chi connectivity index (χ2n) is 9.26. The molecule has 3 aromatic heterocycles. The van der Waals surface area contributed by atoms with E-state index in [2.05, 4.69) is 56.8 Å². The van der Waals surface area contributed by atoms with Gasteiger partial charge >= 0.3 is 0 Å². The van der Waals surface area contributed by atoms with Crippen LogP contribution in [0.3, 0.4) is 0 Å². The van der Waals surface area contributed by atoms with Crippen molar-refractivity contribution in [2.75, 3.05) is 4.90 Å². The van der Waals surface area contributed by atoms with Crippen LogP contribution in [0.15, 0.2) is 109 Å². The molecule has 0 bridgehead atoms. The Morgan fingerprint density at radius 2 is 1.47 bits per heavy atom. The van der Waals surface area contributed by atoms with Crippen LogP contribution in [0.1, 0.15) is 34.7 Å². The summed E-state index contributed by atoms with van der Waals surface area (Å²) in [6.07, 6.45) is 3.65. The van der Waals surface area contributed by atoms with Gasteiger partial charge in [-0.15, -0.1) is 0 Å². The lowest BCUT2D eigenvalue weighted by Gasteiger charge is -2.28. The minimum absolute atomic E-state index is 0.109. The molecule has 0 aliphatic carbocycles. The van der Waals surface area contributed by atoms with Gasteiger partial charge in [0.15, 0.2) is 5.11 Å². The first-order valence-corrected chi connectivity index (χ1v) is 12.9. The van der Waals surface area contributed by atoms with Crippen LogP contribution in [0.25, 0.3) is 5.82 Å². The molecule has 1 saturated heterocycles. The maximum atomic E-state index is 6.02. The fourth-order valence-electron chi connectivity index (χ4n) is 5.17. The van der Waals surface area contributed by atoms with E-state index < -0.39 is 0 Å². The van der Waals surface area contributed by atoms with Crippen molar-refractivity contribution in [2.45, 2.75) is 25.9 Å². The summed E-state index contributed by atoms with van der Waals surface area (Å²) in [5.74, 6) is 2.46. The highest BCUT2D eigenvalue weighted by Gasteiger charge is 2.42. The molecule has 2 aromatic carbocycles. The Bertz CT molecular complexity index is 1550. The number of nitrogens with one attached hydrogen (secondary N) is 1. The van der Waals surface area contributed by atoms with Crippen molar-refractivity contribution in [3.8, 4) is 17.3 Å². The Morgan fingerprint density at radius 1 is 0.789 bits per heavy atom. The summed E-state index contributed by atoms with van der Waals surface area (Å²) in [5, 5.41) is 4.21. The van der Waals surface area contributed by atoms with Gasteiger partial charge < -0.3 is 19.5 Å². The summed E-state index contributed by atoms with van der Waals surface area (Å²) in [5.41, 5.74) is 5.32. The fraction of sp³-hybridized carbons (Fsp3) is 0.129. The van der Waals surface area contributed by atoms with Gasteiger partial charge in [-0.05, 0) is 98.4 Å². The fourth-order valence-corrected chi connectivity index (χ4v) is 5.52. The molecule has 2 atom stereocenters. The largest absolute Gasteiger partial charge is 0.457 e. The Labute approximate surface area is 227 Å². The Balaban J connectivity index is 1.42. The minimum atomic E-state index is -0.123. The number of aryl methyl sites for hydroxylation is 1. The van der Waals surface area contributed by atoms with E-state index in [1.807, 2.05) is 91.3 Å². The maximum Gasteiger partial charge on any atom is 0.174 e. The molecule has 0 saturated carbocycles. The highest BCUT2D eigenvalue weighted by molar-refractivity contribution is 7.80. The minimum Gasteiger partial charge on any atom is -0.457 e. The quantitative estimate of drug-likeness (QED) is 0.249. The number of ether oxygens (including phenoxy) is 1. The summed E-state index contributed by atoms with van der Waals surface area (Å²) in [7, 11) is 0. The molecular weight excluding hydrogens is 490 g/mol. The van der Waals surface area contributed by atoms with E-state index >= 15 is 0 Å². The van der Waals surface area contributed by atoms with E-state index in [4.69, 9.17) is 17.0 Å². The second kappa shape index (κ2) is 10.1. The van der Waals surface area contributed by atoms with Gasteiger partial charge in [0, 0.05) is 29.5 Å². The van der Waals surface area contributed by atoms with Crippen molar-refractivity contribution in [3.63, 3.8) is 0 Å². The lowest BCUT2D eigenvalue weighted by atomic mass is 9.96. The lowest BCUT2D eigenvalue weighted by Crippen LogP contribution is -2.29. The standard InChI is InChI=1S/C31H27N5OS/c1-21-20-26(22(2)35(21)28-13-7-9-19-33-28)30-29(27-12-6-8-18-32-27)34-31(38)36(30)23-14-16-25(17-15-23)37-24-10-4-3-5-11-24/h3-20,29-30H,1-2H3,(H,34,38)/t29-,30-/m0/s1. The van der Waals surface area contributed by atoms with Gasteiger partial charge in [-0.2, -0.15) is 0 Å². The molecule has 0 spiro atoms. The summed E-state index contributed by atoms with van der Waals surface area (Å²) in [6.45, 7) is 4.25. The first-order chi connectivity index (χ1) is 18.6. The first kappa shape index (κ1) is 23.9. The van der Waals surface area contributed by atoms with E-state index in [0.717, 1.165) is 40.1 Å². The first-order valence-electron chi connectivity index (χ1n) is 12.5. The number of hydrogen-bond acceptors (Lipinski definition) is 4. The number of hydrogen-bond donors (Lipinski definition) is 1. The molecule has 38 heavy (non-hydrogen) atoms. The predicted molar refractivity (Wildman–Crippen MR) is 154 cm³/mol. The number of para-hydroxylation sites is 1. The van der Waals surface area contributed by atoms with E-state index in [1.54, 1.807) is 0 Å². The van der Waals surface area contributed by atoms with Crippen LogP contribution in [0.4, 0.5) is 5.69 Å². The van der Waals surface area contributed by atoms with E-state index in [-0.39, 0.29) is 12.1 Å². The monoisotopic (exact) mass is 517 g/mol. The number of benzene rings is 2. The molecule has 6 rings (SSSR count). The maximum absolute atomic E-state index is 6.02. The van der Waals surface area contributed by atoms with E-state index in [1.165, 1.54) is 5.56 Å². The average molecular weight is 518 g/mol. The molecule has 6 nitrogen and oxygen atoms in total. The van der Waals surface area contributed by atoms with Crippen molar-refractivity contribution >= 4 is 23.0 Å². The van der Waals surface area contributed by atoms with Crippen LogP contribution in [0, 0.1) is 13.8 Å². The zero-order chi connectivity index (χ0) is 26.1. The number of nitrogens with zero attached hydrogens (tertiary/aromatic N) is 4. The van der Waals surface area contributed by atoms with Gasteiger partial charge in [0.25, 0.3) is 0 Å². The smallest absolute Gasteiger partial charge is 0.174 e. The molecule has 1 aliphatic rings. The molecular formula is C31H27N5OS. The predicted octanol–water partition coefficient (Wildman–Crippen LogP) is 6.85. The zero-order valence-corrected chi connectivity index (χ0v) is 22.0. The molecule has 188 valence electrons. The molecule has 7 heteroatoms. The van der Waals surface area contributed by atoms with E-state index in [9.17, 15) is 0 Å². The third-order valence-electron chi connectivity index (χ3n) is 6.86. The van der Waals surface area contributed by atoms with Gasteiger partial charge in [0.05, 0.1) is 17.8 Å². The van der Waals surface area contributed by atoms with Crippen molar-refractivity contribution in [1.82, 2.24) is 19.9 Å². The molecule has 4 heterocycles. The van der Waals surface area contributed by atoms with E-state index in [0.29, 0.717) is 5.11 Å². The summed E-state index contributed by atoms with van der Waals surface area (Å²) in [6, 6.07) is 31.8. The summed E-state index contributed by atoms with van der Waals surface area (Å²) >= 11 is 5.93. The lowest BCUT2D eigenvalue weighted by molar-refractivity contribution is 0.482. The van der Waals surface area contributed by atoms with Gasteiger partial charge in [-0.1, -0.05) is 30.3 Å². The highest BCUT2D eigenvalue weighted by Crippen LogP contribution is 2.44. The number of aromatic nitrogens is 3. The summed E-state index contributed by atoms with van der Waals surface area (Å²) < 4.78 is 8.22. The van der Waals surface area contributed by atoms with Crippen LogP contribution < -0.4 is 15.0 Å². The van der Waals surface area contributed by atoms with Crippen LogP contribution in [-0.2, 0) is 0 Å². The van der Waals surface area contributed by atoms with Gasteiger partial charge in [-0.25, -0.2) is 4.98 Å². The third kappa shape index (κ3) is 4.41. The van der Waals surface area contributed by atoms with Crippen LogP contribution in [0.5, 0.6) is 11.5 Å². The number of rotatable bonds is 6. The van der Waals surface area contributed by atoms with Gasteiger partial charge in [-0.3, -0.25) is 4.98 Å². The Morgan fingerprint density at radius 3 is 2.16 bits per heavy atom. The van der Waals surface area contributed by atoms with Crippen LogP contribution in [-0.4, -0.2) is 19.6 Å². The second-order valence-corrected chi connectivity index (χ2v) is 9.64. The highest BCUT2D eigenvalue weighted by atomic mass is 32.1. The van der Waals surface area contributed by atoms with Crippen molar-refractivity contribution in [3.05, 3.63) is 132 Å². The van der Waals surface area contributed by atoms with Crippen molar-refractivity contribution < 1.29 is 4.74 Å². The van der Waals surface area contributed by atoms with Crippen molar-refractivity contribution in [1.29, 1.82) is 0 Å². The number of anilines is 1. The average Bonchev–Trinajstić information content (AvgIpc) is 3.45. The van der Waals surface area contributed by atoms with Gasteiger partial charge in [0.2, 0.25) is 0 Å². The molecule has 0 radical (unpaired) electrons. The molecule has 0 amide bonds. The van der Waals surface area contributed by atoms with Gasteiger partial charge in [0.1, 0.15) is 17.3 Å². The van der Waals surface area contributed by atoms with Crippen LogP contribution in [0.2, 0.25) is 0 Å². The summed E-state index contributed by atoms with van der Waals surface area (Å²) in [4.78, 5) is 11.5. The van der Waals surface area contributed by atoms with Crippen molar-refractivity contribution in [2.24, 2.45) is 0 Å². The molecule has 1 N–H and O–H groups in total. The topological polar surface area (TPSA) is 55.2 Å². The Hall–Kier alpha value is -4.49. The number of pyridine rings is 2. The molecule has 0 unspecified atom stereocenters. The third-order valence-corrected chi connectivity index (χ3v) is 7.17. The molecule has 1 fully saturated rings. The number of thiocarbonyl (C=S) groups is 1. The SMILES string of the molecule is Cc1cc([C@H]2[C@H](c3ccccn3)NC(=S)N2c2ccc(Oc3ccccc3)cc2)c(C)n1-c1ccccn1. The Kier molecular flexibility index (Phi) is 6.35. The van der Waals surface area contributed by atoms with Crippen LogP contribution >= 0.6 is 12.2 Å². The molecule has 5 aromatic rings. The normalized spacial score (nSPS) is 16.9. The zero-order valence-electron chi connectivity index (χ0n) is 21.2.